The lowest BCUT2D eigenvalue weighted by Gasteiger charge is -1.93. The first-order chi connectivity index (χ1) is 10.9. The van der Waals surface area contributed by atoms with Crippen LogP contribution in [0.3, 0.4) is 0 Å². The molecule has 0 aliphatic heterocycles. The van der Waals surface area contributed by atoms with Crippen molar-refractivity contribution >= 4 is 23.1 Å². The molecule has 0 aliphatic rings. The third kappa shape index (κ3) is 10.7. The summed E-state index contributed by atoms with van der Waals surface area (Å²) in [5.41, 5.74) is 2.40. The zero-order chi connectivity index (χ0) is 15.9. The van der Waals surface area contributed by atoms with Crippen LogP contribution in [0.25, 0.3) is 0 Å². The van der Waals surface area contributed by atoms with Crippen molar-refractivity contribution in [2.45, 2.75) is 12.8 Å². The van der Waals surface area contributed by atoms with E-state index in [2.05, 4.69) is 9.98 Å². The van der Waals surface area contributed by atoms with Crippen LogP contribution in [-0.4, -0.2) is 36.2 Å². The summed E-state index contributed by atoms with van der Waals surface area (Å²) in [6, 6.07) is 19.9. The third-order valence-electron chi connectivity index (χ3n) is 2.84. The Labute approximate surface area is 141 Å². The van der Waals surface area contributed by atoms with Gasteiger partial charge in [0.15, 0.2) is 0 Å². The first-order valence-corrected chi connectivity index (χ1v) is 7.02. The van der Waals surface area contributed by atoms with Crippen LogP contribution in [0.2, 0.25) is 0 Å². The molecule has 2 aromatic carbocycles. The number of aliphatic imine (C=N–C) groups is 2. The molecule has 0 unspecified atom stereocenters. The van der Waals surface area contributed by atoms with Crippen LogP contribution in [0.1, 0.15) is 11.1 Å². The van der Waals surface area contributed by atoms with Gasteiger partial charge in [0, 0.05) is 11.0 Å². The monoisotopic (exact) mass is 322 g/mol. The summed E-state index contributed by atoms with van der Waals surface area (Å²) in [5.74, 6) is 0. The normalized spacial score (nSPS) is 8.35. The first-order valence-electron chi connectivity index (χ1n) is 7.02. The molecule has 0 heterocycles. The Bertz CT molecular complexity index is 562. The van der Waals surface area contributed by atoms with Crippen molar-refractivity contribution < 1.29 is 9.59 Å². The van der Waals surface area contributed by atoms with Gasteiger partial charge in [-0.25, -0.2) is 19.6 Å². The molecule has 0 N–H and O–H groups in total. The smallest absolute Gasteiger partial charge is 0.211 e. The Kier molecular flexibility index (Phi) is 12.7. The highest BCUT2D eigenvalue weighted by atomic mass is 28.1. The van der Waals surface area contributed by atoms with Gasteiger partial charge in [-0.1, -0.05) is 60.7 Å². The number of nitrogens with zero attached hydrogens (tertiary/aromatic N) is 2. The second kappa shape index (κ2) is 14.4. The maximum atomic E-state index is 9.70. The number of isocyanates is 2. The van der Waals surface area contributed by atoms with Crippen LogP contribution in [0.15, 0.2) is 70.6 Å². The van der Waals surface area contributed by atoms with E-state index in [0.717, 1.165) is 12.8 Å². The van der Waals surface area contributed by atoms with E-state index in [4.69, 9.17) is 0 Å². The Morgan fingerprint density at radius 3 is 1.30 bits per heavy atom. The lowest BCUT2D eigenvalue weighted by molar-refractivity contribution is 0.562. The van der Waals surface area contributed by atoms with Crippen LogP contribution in [0.4, 0.5) is 0 Å². The Hall–Kier alpha value is -2.58. The predicted molar refractivity (Wildman–Crippen MR) is 92.0 cm³/mol. The maximum absolute atomic E-state index is 9.70. The minimum absolute atomic E-state index is 0. The third-order valence-corrected chi connectivity index (χ3v) is 2.84. The average Bonchev–Trinajstić information content (AvgIpc) is 2.58. The molecular weight excluding hydrogens is 304 g/mol. The van der Waals surface area contributed by atoms with E-state index in [1.165, 1.54) is 23.3 Å². The molecule has 5 heteroatoms. The van der Waals surface area contributed by atoms with Crippen LogP contribution < -0.4 is 0 Å². The van der Waals surface area contributed by atoms with Gasteiger partial charge in [0.2, 0.25) is 12.2 Å². The van der Waals surface area contributed by atoms with Crippen molar-refractivity contribution in [3.8, 4) is 0 Å². The summed E-state index contributed by atoms with van der Waals surface area (Å²) >= 11 is 0. The lowest BCUT2D eigenvalue weighted by Crippen LogP contribution is -1.87. The number of rotatable bonds is 6. The summed E-state index contributed by atoms with van der Waals surface area (Å²) < 4.78 is 0. The van der Waals surface area contributed by atoms with Gasteiger partial charge in [-0.15, -0.1) is 0 Å². The van der Waals surface area contributed by atoms with E-state index in [1.54, 1.807) is 0 Å². The fraction of sp³-hybridized carbons (Fsp3) is 0.222. The predicted octanol–water partition coefficient (Wildman–Crippen LogP) is 2.75. The van der Waals surface area contributed by atoms with E-state index < -0.39 is 0 Å². The Balaban J connectivity index is 0.000000403. The molecule has 0 spiro atoms. The molecule has 0 aromatic heterocycles. The summed E-state index contributed by atoms with van der Waals surface area (Å²) in [6.45, 7) is 1.07. The highest BCUT2D eigenvalue weighted by molar-refractivity contribution is 5.75. The average molecular weight is 322 g/mol. The molecule has 0 saturated carbocycles. The van der Waals surface area contributed by atoms with Crippen molar-refractivity contribution in [2.24, 2.45) is 9.98 Å². The molecule has 4 nitrogen and oxygen atoms in total. The molecule has 0 fully saturated rings. The Morgan fingerprint density at radius 1 is 0.652 bits per heavy atom. The maximum Gasteiger partial charge on any atom is 0.234 e. The van der Waals surface area contributed by atoms with Gasteiger partial charge in [-0.2, -0.15) is 0 Å². The standard InChI is InChI=1S/2C9H9NO.Si/c2*11-8-10-7-6-9-4-2-1-3-5-9;/h2*1-5H,6-7H2;. The molecule has 23 heavy (non-hydrogen) atoms. The van der Waals surface area contributed by atoms with Gasteiger partial charge >= 0.3 is 0 Å². The number of hydrogen-bond donors (Lipinski definition) is 0. The molecule has 0 bridgehead atoms. The molecule has 0 saturated heterocycles. The van der Waals surface area contributed by atoms with Gasteiger partial charge in [-0.3, -0.25) is 0 Å². The molecule has 2 aromatic rings. The lowest BCUT2D eigenvalue weighted by atomic mass is 10.2. The zero-order valence-corrected chi connectivity index (χ0v) is 13.8. The topological polar surface area (TPSA) is 58.9 Å². The molecule has 2 rings (SSSR count). The van der Waals surface area contributed by atoms with E-state index in [1.807, 2.05) is 60.7 Å². The van der Waals surface area contributed by atoms with Gasteiger partial charge in [0.25, 0.3) is 0 Å². The quantitative estimate of drug-likeness (QED) is 0.466. The summed E-state index contributed by atoms with van der Waals surface area (Å²) in [4.78, 5) is 26.3. The second-order valence-corrected chi connectivity index (χ2v) is 4.42. The number of benzene rings is 2. The van der Waals surface area contributed by atoms with Crippen molar-refractivity contribution in [1.29, 1.82) is 0 Å². The van der Waals surface area contributed by atoms with Crippen LogP contribution in [0, 0.1) is 0 Å². The largest absolute Gasteiger partial charge is 0.234 e. The van der Waals surface area contributed by atoms with E-state index in [0.29, 0.717) is 13.1 Å². The molecule has 4 radical (unpaired) electrons. The van der Waals surface area contributed by atoms with Crippen molar-refractivity contribution in [2.75, 3.05) is 13.1 Å². The molecule has 0 amide bonds. The van der Waals surface area contributed by atoms with Gasteiger partial charge in [0.1, 0.15) is 0 Å². The minimum atomic E-state index is 0. The van der Waals surface area contributed by atoms with E-state index in [-0.39, 0.29) is 11.0 Å². The van der Waals surface area contributed by atoms with Gasteiger partial charge < -0.3 is 0 Å². The fourth-order valence-corrected chi connectivity index (χ4v) is 1.75. The van der Waals surface area contributed by atoms with Crippen molar-refractivity contribution in [1.82, 2.24) is 0 Å². The fourth-order valence-electron chi connectivity index (χ4n) is 1.75. The molecule has 0 aliphatic carbocycles. The first kappa shape index (κ1) is 20.4. The van der Waals surface area contributed by atoms with Gasteiger partial charge in [0.05, 0.1) is 13.1 Å². The highest BCUT2D eigenvalue weighted by Crippen LogP contribution is 1.99. The van der Waals surface area contributed by atoms with Crippen molar-refractivity contribution in [3.05, 3.63) is 71.8 Å². The zero-order valence-electron chi connectivity index (χ0n) is 12.8. The summed E-state index contributed by atoms with van der Waals surface area (Å²) in [7, 11) is 0. The van der Waals surface area contributed by atoms with E-state index >= 15 is 0 Å². The molecule has 116 valence electrons. The SMILES string of the molecule is O=C=NCCc1ccccc1.O=C=NCCc1ccccc1.[Si]. The Morgan fingerprint density at radius 2 is 1.00 bits per heavy atom. The number of hydrogen-bond acceptors (Lipinski definition) is 4. The second-order valence-electron chi connectivity index (χ2n) is 4.42. The van der Waals surface area contributed by atoms with Crippen LogP contribution in [-0.2, 0) is 22.4 Å². The van der Waals surface area contributed by atoms with Crippen LogP contribution in [0.5, 0.6) is 0 Å². The van der Waals surface area contributed by atoms with E-state index in [9.17, 15) is 9.59 Å². The van der Waals surface area contributed by atoms with Gasteiger partial charge in [-0.05, 0) is 24.0 Å². The summed E-state index contributed by atoms with van der Waals surface area (Å²) in [6.07, 6.45) is 4.66. The molecule has 0 atom stereocenters. The summed E-state index contributed by atoms with van der Waals surface area (Å²) in [5, 5.41) is 0. The number of carbonyl (C=O) groups excluding carboxylic acids is 2. The highest BCUT2D eigenvalue weighted by Gasteiger charge is 1.88. The van der Waals surface area contributed by atoms with Crippen molar-refractivity contribution in [3.63, 3.8) is 0 Å². The minimum Gasteiger partial charge on any atom is -0.211 e. The van der Waals surface area contributed by atoms with Crippen LogP contribution >= 0.6 is 0 Å². The molecular formula is C18H18N2O2Si.